The molecule has 0 amide bonds. The van der Waals surface area contributed by atoms with Crippen LogP contribution in [0.3, 0.4) is 0 Å². The van der Waals surface area contributed by atoms with Crippen LogP contribution in [-0.4, -0.2) is 35.6 Å². The molecule has 5 unspecified atom stereocenters. The zero-order valence-electron chi connectivity index (χ0n) is 20.2. The molecule has 0 spiro atoms. The second-order valence-corrected chi connectivity index (χ2v) is 9.51. The van der Waals surface area contributed by atoms with Crippen molar-refractivity contribution in [1.29, 1.82) is 0 Å². The predicted octanol–water partition coefficient (Wildman–Crippen LogP) is 6.23. The molecule has 5 atom stereocenters. The highest BCUT2D eigenvalue weighted by molar-refractivity contribution is 6.21. The number of aliphatic hydroxyl groups excluding tert-OH is 1. The van der Waals surface area contributed by atoms with Crippen molar-refractivity contribution >= 4 is 23.5 Å². The lowest BCUT2D eigenvalue weighted by Crippen LogP contribution is -2.18. The summed E-state index contributed by atoms with van der Waals surface area (Å²) in [7, 11) is 1.40. The van der Waals surface area contributed by atoms with E-state index in [1.54, 1.807) is 0 Å². The first kappa shape index (κ1) is 27.4. The van der Waals surface area contributed by atoms with E-state index in [1.165, 1.54) is 14.0 Å². The highest BCUT2D eigenvalue weighted by Gasteiger charge is 2.41. The Labute approximate surface area is 203 Å². The van der Waals surface area contributed by atoms with Crippen LogP contribution in [0.15, 0.2) is 36.4 Å². The molecule has 1 aliphatic rings. The van der Waals surface area contributed by atoms with Crippen molar-refractivity contribution in [2.24, 2.45) is 5.92 Å². The van der Waals surface area contributed by atoms with Crippen LogP contribution in [0.1, 0.15) is 94.8 Å². The molecular formula is C27H39ClO5. The molecule has 33 heavy (non-hydrogen) atoms. The average Bonchev–Trinajstić information content (AvgIpc) is 3.07. The number of aliphatic hydroxyl groups is 1. The zero-order chi connectivity index (χ0) is 24.2. The number of carbonyl (C=O) groups is 2. The number of hydrogen-bond acceptors (Lipinski definition) is 5. The number of unbranched alkanes of at least 4 members (excludes halogenated alkanes) is 3. The first-order valence-corrected chi connectivity index (χ1v) is 12.6. The fraction of sp³-hybridized carbons (Fsp3) is 0.630. The summed E-state index contributed by atoms with van der Waals surface area (Å²) >= 11 is 6.62. The third-order valence-electron chi connectivity index (χ3n) is 6.43. The first-order valence-electron chi connectivity index (χ1n) is 12.2. The Morgan fingerprint density at radius 3 is 2.55 bits per heavy atom. The summed E-state index contributed by atoms with van der Waals surface area (Å²) in [4.78, 5) is 22.8. The van der Waals surface area contributed by atoms with Crippen molar-refractivity contribution in [2.45, 2.75) is 95.1 Å². The minimum Gasteiger partial charge on any atom is -0.469 e. The topological polar surface area (TPSA) is 72.8 Å². The Hall–Kier alpha value is -1.85. The molecule has 5 nitrogen and oxygen atoms in total. The number of methoxy groups -OCH3 is 1. The Balaban J connectivity index is 2.03. The number of carbonyl (C=O) groups excluding carboxylic acids is 2. The van der Waals surface area contributed by atoms with Crippen molar-refractivity contribution in [3.63, 3.8) is 0 Å². The summed E-state index contributed by atoms with van der Waals surface area (Å²) in [6.45, 7) is 3.60. The van der Waals surface area contributed by atoms with Gasteiger partial charge in [-0.05, 0) is 55.6 Å². The van der Waals surface area contributed by atoms with Gasteiger partial charge in [-0.25, -0.2) is 0 Å². The van der Waals surface area contributed by atoms with E-state index in [0.717, 1.165) is 56.1 Å². The smallest absolute Gasteiger partial charge is 0.305 e. The van der Waals surface area contributed by atoms with E-state index in [9.17, 15) is 14.7 Å². The summed E-state index contributed by atoms with van der Waals surface area (Å²) in [5, 5.41) is 10.6. The Morgan fingerprint density at radius 2 is 1.91 bits per heavy atom. The highest BCUT2D eigenvalue weighted by atomic mass is 35.5. The van der Waals surface area contributed by atoms with Gasteiger partial charge in [-0.1, -0.05) is 56.2 Å². The summed E-state index contributed by atoms with van der Waals surface area (Å²) in [6, 6.07) is 8.12. The molecule has 6 heteroatoms. The van der Waals surface area contributed by atoms with Crippen molar-refractivity contribution in [1.82, 2.24) is 0 Å². The monoisotopic (exact) mass is 478 g/mol. The number of alkyl halides is 1. The van der Waals surface area contributed by atoms with E-state index in [2.05, 4.69) is 23.8 Å². The van der Waals surface area contributed by atoms with Crippen LogP contribution in [0.5, 0.6) is 0 Å². The minimum absolute atomic E-state index is 0.0338. The normalized spacial score (nSPS) is 23.5. The SMILES string of the molecule is CCCCCC(OC(C)=O)c1ccc(C2C(O)CC(Cl)C2C/C=C\CCCC(=O)OC)cc1. The highest BCUT2D eigenvalue weighted by Crippen LogP contribution is 2.45. The van der Waals surface area contributed by atoms with Crippen molar-refractivity contribution in [3.8, 4) is 0 Å². The van der Waals surface area contributed by atoms with Gasteiger partial charge in [0.2, 0.25) is 0 Å². The summed E-state index contributed by atoms with van der Waals surface area (Å²) < 4.78 is 10.2. The van der Waals surface area contributed by atoms with Gasteiger partial charge in [0, 0.05) is 24.6 Å². The lowest BCUT2D eigenvalue weighted by molar-refractivity contribution is -0.147. The third-order valence-corrected chi connectivity index (χ3v) is 6.93. The minimum atomic E-state index is -0.482. The molecule has 2 rings (SSSR count). The van der Waals surface area contributed by atoms with Gasteiger partial charge in [-0.3, -0.25) is 9.59 Å². The van der Waals surface area contributed by atoms with Gasteiger partial charge in [-0.2, -0.15) is 0 Å². The summed E-state index contributed by atoms with van der Waals surface area (Å²) in [5.41, 5.74) is 2.05. The third kappa shape index (κ3) is 8.78. The number of halogens is 1. The number of ether oxygens (including phenoxy) is 2. The number of hydrogen-bond donors (Lipinski definition) is 1. The van der Waals surface area contributed by atoms with Gasteiger partial charge in [0.1, 0.15) is 6.10 Å². The van der Waals surface area contributed by atoms with Gasteiger partial charge >= 0.3 is 11.9 Å². The van der Waals surface area contributed by atoms with Crippen LogP contribution in [0, 0.1) is 5.92 Å². The standard InChI is InChI=1S/C27H39ClO5/c1-4-5-8-12-25(33-19(2)29)20-14-16-21(17-15-20)27-22(23(28)18-24(27)30)11-9-6-7-10-13-26(31)32-3/h6,9,14-17,22-25,27,30H,4-5,7-8,10-13,18H2,1-3H3/b9-6-. The van der Waals surface area contributed by atoms with Crippen LogP contribution in [0.2, 0.25) is 0 Å². The average molecular weight is 479 g/mol. The van der Waals surface area contributed by atoms with Gasteiger partial charge in [0.05, 0.1) is 13.2 Å². The maximum atomic E-state index is 11.6. The van der Waals surface area contributed by atoms with E-state index in [4.69, 9.17) is 16.3 Å². The molecular weight excluding hydrogens is 440 g/mol. The maximum Gasteiger partial charge on any atom is 0.305 e. The van der Waals surface area contributed by atoms with Gasteiger partial charge in [0.25, 0.3) is 0 Å². The predicted molar refractivity (Wildman–Crippen MR) is 131 cm³/mol. The lowest BCUT2D eigenvalue weighted by atomic mass is 9.84. The molecule has 1 N–H and O–H groups in total. The number of allylic oxidation sites excluding steroid dienone is 2. The van der Waals surface area contributed by atoms with Crippen LogP contribution < -0.4 is 0 Å². The lowest BCUT2D eigenvalue weighted by Gasteiger charge is -2.24. The van der Waals surface area contributed by atoms with E-state index in [1.807, 2.05) is 24.3 Å². The largest absolute Gasteiger partial charge is 0.469 e. The van der Waals surface area contributed by atoms with E-state index in [0.29, 0.717) is 12.8 Å². The molecule has 184 valence electrons. The second kappa shape index (κ2) is 14.4. The Kier molecular flexibility index (Phi) is 12.0. The molecule has 1 aromatic rings. The fourth-order valence-corrected chi connectivity index (χ4v) is 5.11. The van der Waals surface area contributed by atoms with Gasteiger partial charge in [-0.15, -0.1) is 11.6 Å². The van der Waals surface area contributed by atoms with Crippen LogP contribution in [0.4, 0.5) is 0 Å². The molecule has 1 aliphatic carbocycles. The molecule has 1 aromatic carbocycles. The molecule has 1 saturated carbocycles. The Bertz CT molecular complexity index is 760. The van der Waals surface area contributed by atoms with E-state index in [-0.39, 0.29) is 35.3 Å². The quantitative estimate of drug-likeness (QED) is 0.157. The molecule has 0 heterocycles. The molecule has 0 aliphatic heterocycles. The second-order valence-electron chi connectivity index (χ2n) is 8.94. The van der Waals surface area contributed by atoms with Crippen molar-refractivity contribution in [3.05, 3.63) is 47.5 Å². The molecule has 0 aromatic heterocycles. The fourth-order valence-electron chi connectivity index (χ4n) is 4.67. The summed E-state index contributed by atoms with van der Waals surface area (Å²) in [5.74, 6) is -0.352. The van der Waals surface area contributed by atoms with Gasteiger partial charge < -0.3 is 14.6 Å². The van der Waals surface area contributed by atoms with Crippen LogP contribution >= 0.6 is 11.6 Å². The number of rotatable bonds is 13. The van der Waals surface area contributed by atoms with E-state index < -0.39 is 6.10 Å². The van der Waals surface area contributed by atoms with Gasteiger partial charge in [0.15, 0.2) is 0 Å². The zero-order valence-corrected chi connectivity index (χ0v) is 20.9. The molecule has 1 fully saturated rings. The van der Waals surface area contributed by atoms with E-state index >= 15 is 0 Å². The number of esters is 2. The van der Waals surface area contributed by atoms with Crippen molar-refractivity contribution in [2.75, 3.05) is 7.11 Å². The molecule has 0 saturated heterocycles. The maximum absolute atomic E-state index is 11.6. The molecule has 0 radical (unpaired) electrons. The summed E-state index contributed by atoms with van der Waals surface area (Å²) in [6.07, 6.45) is 10.9. The first-order chi connectivity index (χ1) is 15.9. The number of benzene rings is 1. The van der Waals surface area contributed by atoms with Crippen LogP contribution in [0.25, 0.3) is 0 Å². The van der Waals surface area contributed by atoms with Crippen LogP contribution in [-0.2, 0) is 19.1 Å². The Morgan fingerprint density at radius 1 is 1.18 bits per heavy atom. The molecule has 0 bridgehead atoms. The van der Waals surface area contributed by atoms with Crippen molar-refractivity contribution < 1.29 is 24.2 Å².